The Bertz CT molecular complexity index is 588. The van der Waals surface area contributed by atoms with Crippen LogP contribution in [0, 0.1) is 11.7 Å². The van der Waals surface area contributed by atoms with Gasteiger partial charge in [-0.2, -0.15) is 4.98 Å². The van der Waals surface area contributed by atoms with Crippen molar-refractivity contribution in [1.82, 2.24) is 15.5 Å². The standard InChI is InChI=1S/C15H18FN3O2.ClH/c16-12-2-1-3-13(8-12)20-10-14-18-15(21-19-14)5-4-11-6-7-17-9-11;/h1-3,8,11,17H,4-7,9-10H2;1H. The van der Waals surface area contributed by atoms with E-state index in [2.05, 4.69) is 15.5 Å². The van der Waals surface area contributed by atoms with Gasteiger partial charge in [0.2, 0.25) is 11.7 Å². The summed E-state index contributed by atoms with van der Waals surface area (Å²) >= 11 is 0. The van der Waals surface area contributed by atoms with E-state index >= 15 is 0 Å². The maximum Gasteiger partial charge on any atom is 0.226 e. The number of nitrogens with one attached hydrogen (secondary N) is 1. The normalized spacial score (nSPS) is 17.2. The van der Waals surface area contributed by atoms with Gasteiger partial charge in [0, 0.05) is 12.5 Å². The van der Waals surface area contributed by atoms with Gasteiger partial charge >= 0.3 is 0 Å². The molecule has 2 aromatic rings. The Morgan fingerprint density at radius 1 is 1.41 bits per heavy atom. The first-order valence-corrected chi connectivity index (χ1v) is 7.20. The van der Waals surface area contributed by atoms with E-state index in [1.165, 1.54) is 18.6 Å². The maximum absolute atomic E-state index is 13.0. The molecule has 1 aliphatic rings. The Kier molecular flexibility index (Phi) is 6.15. The minimum atomic E-state index is -0.327. The molecule has 7 heteroatoms. The van der Waals surface area contributed by atoms with Crippen LogP contribution in [0.4, 0.5) is 4.39 Å². The first-order valence-electron chi connectivity index (χ1n) is 7.20. The van der Waals surface area contributed by atoms with Crippen molar-refractivity contribution in [3.63, 3.8) is 0 Å². The van der Waals surface area contributed by atoms with E-state index in [1.54, 1.807) is 12.1 Å². The van der Waals surface area contributed by atoms with Gasteiger partial charge in [-0.05, 0) is 44.0 Å². The van der Waals surface area contributed by atoms with Crippen molar-refractivity contribution < 1.29 is 13.7 Å². The van der Waals surface area contributed by atoms with E-state index in [9.17, 15) is 4.39 Å². The molecule has 1 aliphatic heterocycles. The molecule has 3 rings (SSSR count). The number of benzene rings is 1. The van der Waals surface area contributed by atoms with E-state index in [0.717, 1.165) is 25.9 Å². The zero-order valence-electron chi connectivity index (χ0n) is 12.1. The number of aromatic nitrogens is 2. The van der Waals surface area contributed by atoms with Gasteiger partial charge in [0.05, 0.1) is 0 Å². The van der Waals surface area contributed by atoms with Crippen LogP contribution < -0.4 is 10.1 Å². The monoisotopic (exact) mass is 327 g/mol. The van der Waals surface area contributed by atoms with E-state index in [1.807, 2.05) is 0 Å². The lowest BCUT2D eigenvalue weighted by molar-refractivity contribution is 0.283. The molecule has 1 atom stereocenters. The van der Waals surface area contributed by atoms with Crippen molar-refractivity contribution in [3.05, 3.63) is 41.8 Å². The number of nitrogens with zero attached hydrogens (tertiary/aromatic N) is 2. The fourth-order valence-electron chi connectivity index (χ4n) is 2.44. The van der Waals surface area contributed by atoms with E-state index in [-0.39, 0.29) is 24.8 Å². The number of halogens is 2. The largest absolute Gasteiger partial charge is 0.485 e. The zero-order valence-corrected chi connectivity index (χ0v) is 12.9. The molecule has 120 valence electrons. The van der Waals surface area contributed by atoms with Crippen LogP contribution in [0.15, 0.2) is 28.8 Å². The second-order valence-corrected chi connectivity index (χ2v) is 5.25. The lowest BCUT2D eigenvalue weighted by Gasteiger charge is -2.04. The Morgan fingerprint density at radius 2 is 2.32 bits per heavy atom. The van der Waals surface area contributed by atoms with Crippen LogP contribution in [-0.2, 0) is 13.0 Å². The van der Waals surface area contributed by atoms with Gasteiger partial charge in [-0.1, -0.05) is 11.2 Å². The summed E-state index contributed by atoms with van der Waals surface area (Å²) in [6.07, 6.45) is 3.06. The number of hydrogen-bond donors (Lipinski definition) is 1. The molecular weight excluding hydrogens is 309 g/mol. The third-order valence-corrected chi connectivity index (χ3v) is 3.60. The van der Waals surface area contributed by atoms with Crippen molar-refractivity contribution in [2.24, 2.45) is 5.92 Å². The number of rotatable bonds is 6. The molecule has 0 spiro atoms. The Morgan fingerprint density at radius 3 is 3.09 bits per heavy atom. The van der Waals surface area contributed by atoms with Crippen LogP contribution in [0.25, 0.3) is 0 Å². The second kappa shape index (κ2) is 8.10. The first-order chi connectivity index (χ1) is 10.3. The van der Waals surface area contributed by atoms with Gasteiger partial charge in [0.1, 0.15) is 11.6 Å². The summed E-state index contributed by atoms with van der Waals surface area (Å²) in [6.45, 7) is 2.35. The molecule has 2 heterocycles. The molecule has 0 amide bonds. The van der Waals surface area contributed by atoms with E-state index in [0.29, 0.717) is 23.4 Å². The molecule has 0 radical (unpaired) electrons. The first kappa shape index (κ1) is 16.7. The molecule has 1 fully saturated rings. The average molecular weight is 328 g/mol. The third kappa shape index (κ3) is 4.68. The predicted octanol–water partition coefficient (Wildman–Crippen LogP) is 2.75. The lowest BCUT2D eigenvalue weighted by atomic mass is 10.0. The highest BCUT2D eigenvalue weighted by molar-refractivity contribution is 5.85. The van der Waals surface area contributed by atoms with Crippen LogP contribution in [0.3, 0.4) is 0 Å². The highest BCUT2D eigenvalue weighted by Crippen LogP contribution is 2.16. The average Bonchev–Trinajstić information content (AvgIpc) is 3.15. The van der Waals surface area contributed by atoms with Gasteiger partial charge in [-0.15, -0.1) is 12.4 Å². The molecule has 0 saturated carbocycles. The Balaban J connectivity index is 0.00000176. The molecule has 1 unspecified atom stereocenters. The minimum Gasteiger partial charge on any atom is -0.485 e. The van der Waals surface area contributed by atoms with Gasteiger partial charge < -0.3 is 14.6 Å². The van der Waals surface area contributed by atoms with Crippen LogP contribution in [0.2, 0.25) is 0 Å². The summed E-state index contributed by atoms with van der Waals surface area (Å²) in [7, 11) is 0. The SMILES string of the molecule is Cl.Fc1cccc(OCc2noc(CCC3CCNC3)n2)c1. The molecule has 0 aliphatic carbocycles. The molecule has 1 aromatic carbocycles. The Labute approximate surface area is 134 Å². The number of aryl methyl sites for hydroxylation is 1. The van der Waals surface area contributed by atoms with Crippen molar-refractivity contribution in [1.29, 1.82) is 0 Å². The number of hydrogen-bond acceptors (Lipinski definition) is 5. The molecule has 1 N–H and O–H groups in total. The molecule has 1 aromatic heterocycles. The third-order valence-electron chi connectivity index (χ3n) is 3.60. The highest BCUT2D eigenvalue weighted by atomic mass is 35.5. The molecule has 1 saturated heterocycles. The summed E-state index contributed by atoms with van der Waals surface area (Å²) in [5, 5.41) is 7.22. The molecule has 0 bridgehead atoms. The van der Waals surface area contributed by atoms with E-state index < -0.39 is 0 Å². The minimum absolute atomic E-state index is 0. The van der Waals surface area contributed by atoms with Crippen LogP contribution in [-0.4, -0.2) is 23.2 Å². The predicted molar refractivity (Wildman–Crippen MR) is 81.6 cm³/mol. The van der Waals surface area contributed by atoms with Crippen LogP contribution in [0.1, 0.15) is 24.6 Å². The fourth-order valence-corrected chi connectivity index (χ4v) is 2.44. The van der Waals surface area contributed by atoms with Crippen molar-refractivity contribution in [3.8, 4) is 5.75 Å². The van der Waals surface area contributed by atoms with Crippen LogP contribution in [0.5, 0.6) is 5.75 Å². The Hall–Kier alpha value is -1.66. The summed E-state index contributed by atoms with van der Waals surface area (Å²) < 4.78 is 23.6. The van der Waals surface area contributed by atoms with Crippen molar-refractivity contribution >= 4 is 12.4 Å². The molecular formula is C15H19ClFN3O2. The fraction of sp³-hybridized carbons (Fsp3) is 0.467. The van der Waals surface area contributed by atoms with Gasteiger partial charge in [-0.25, -0.2) is 4.39 Å². The molecule has 5 nitrogen and oxygen atoms in total. The summed E-state index contributed by atoms with van der Waals surface area (Å²) in [5.74, 6) is 1.95. The lowest BCUT2D eigenvalue weighted by Crippen LogP contribution is -2.09. The summed E-state index contributed by atoms with van der Waals surface area (Å²) in [5.41, 5.74) is 0. The second-order valence-electron chi connectivity index (χ2n) is 5.25. The van der Waals surface area contributed by atoms with Crippen molar-refractivity contribution in [2.75, 3.05) is 13.1 Å². The maximum atomic E-state index is 13.0. The quantitative estimate of drug-likeness (QED) is 0.884. The van der Waals surface area contributed by atoms with Gasteiger partial charge in [-0.3, -0.25) is 0 Å². The van der Waals surface area contributed by atoms with Gasteiger partial charge in [0.15, 0.2) is 6.61 Å². The van der Waals surface area contributed by atoms with E-state index in [4.69, 9.17) is 9.26 Å². The molecule has 22 heavy (non-hydrogen) atoms. The summed E-state index contributed by atoms with van der Waals surface area (Å²) in [4.78, 5) is 4.29. The van der Waals surface area contributed by atoms with Crippen LogP contribution >= 0.6 is 12.4 Å². The zero-order chi connectivity index (χ0) is 14.5. The summed E-state index contributed by atoms with van der Waals surface area (Å²) in [6, 6.07) is 5.99. The smallest absolute Gasteiger partial charge is 0.226 e. The van der Waals surface area contributed by atoms with Crippen molar-refractivity contribution in [2.45, 2.75) is 25.9 Å². The number of ether oxygens (including phenoxy) is 1. The highest BCUT2D eigenvalue weighted by Gasteiger charge is 2.16. The topological polar surface area (TPSA) is 60.2 Å². The van der Waals surface area contributed by atoms with Gasteiger partial charge in [0.25, 0.3) is 0 Å².